The quantitative estimate of drug-likeness (QED) is 0.757. The number of hydrogen-bond acceptors (Lipinski definition) is 3. The van der Waals surface area contributed by atoms with Crippen molar-refractivity contribution < 1.29 is 4.79 Å². The number of amides is 1. The van der Waals surface area contributed by atoms with Crippen LogP contribution >= 0.6 is 0 Å². The molecule has 1 fully saturated rings. The lowest BCUT2D eigenvalue weighted by atomic mass is 9.82. The topological polar surface area (TPSA) is 72.3 Å². The molecule has 0 spiro atoms. The molecule has 1 heterocycles. The first-order valence-electron chi connectivity index (χ1n) is 6.54. The number of carbonyl (C=O) groups is 1. The molecule has 0 aliphatic carbocycles. The van der Waals surface area contributed by atoms with Crippen molar-refractivity contribution in [3.63, 3.8) is 0 Å². The second-order valence-corrected chi connectivity index (χ2v) is 6.39. The third-order valence-electron chi connectivity index (χ3n) is 3.94. The molecule has 0 radical (unpaired) electrons. The van der Waals surface area contributed by atoms with Gasteiger partial charge in [0.2, 0.25) is 5.91 Å². The summed E-state index contributed by atoms with van der Waals surface area (Å²) in [4.78, 5) is 13.5. The molecule has 0 bridgehead atoms. The SMILES string of the molecule is CC1(C)CCN(CCCC(C)(N)C(N)=O)CC1. The van der Waals surface area contributed by atoms with E-state index in [2.05, 4.69) is 18.7 Å². The number of piperidine rings is 1. The lowest BCUT2D eigenvalue weighted by molar-refractivity contribution is -0.122. The fourth-order valence-corrected chi connectivity index (χ4v) is 2.18. The summed E-state index contributed by atoms with van der Waals surface area (Å²) in [7, 11) is 0. The number of likely N-dealkylation sites (tertiary alicyclic amines) is 1. The van der Waals surface area contributed by atoms with Crippen molar-refractivity contribution in [2.45, 2.75) is 52.0 Å². The summed E-state index contributed by atoms with van der Waals surface area (Å²) in [6, 6.07) is 0. The summed E-state index contributed by atoms with van der Waals surface area (Å²) in [6.07, 6.45) is 4.12. The van der Waals surface area contributed by atoms with Crippen LogP contribution in [0.4, 0.5) is 0 Å². The van der Waals surface area contributed by atoms with Gasteiger partial charge in [-0.15, -0.1) is 0 Å². The van der Waals surface area contributed by atoms with Crippen molar-refractivity contribution in [2.24, 2.45) is 16.9 Å². The van der Waals surface area contributed by atoms with Crippen LogP contribution in [0.25, 0.3) is 0 Å². The molecular formula is C13H27N3O. The summed E-state index contributed by atoms with van der Waals surface area (Å²) >= 11 is 0. The number of hydrogen-bond donors (Lipinski definition) is 2. The molecule has 100 valence electrons. The van der Waals surface area contributed by atoms with E-state index in [1.165, 1.54) is 12.8 Å². The number of nitrogens with zero attached hydrogens (tertiary/aromatic N) is 1. The highest BCUT2D eigenvalue weighted by molar-refractivity contribution is 5.83. The summed E-state index contributed by atoms with van der Waals surface area (Å²) in [6.45, 7) is 9.71. The summed E-state index contributed by atoms with van der Waals surface area (Å²) < 4.78 is 0. The zero-order valence-electron chi connectivity index (χ0n) is 11.5. The van der Waals surface area contributed by atoms with Crippen molar-refractivity contribution >= 4 is 5.91 Å². The maximum atomic E-state index is 11.1. The van der Waals surface area contributed by atoms with Gasteiger partial charge in [0.05, 0.1) is 5.54 Å². The summed E-state index contributed by atoms with van der Waals surface area (Å²) in [5.74, 6) is -0.405. The van der Waals surface area contributed by atoms with Crippen LogP contribution in [0.1, 0.15) is 46.5 Å². The number of primary amides is 1. The Labute approximate surface area is 105 Å². The van der Waals surface area contributed by atoms with Gasteiger partial charge in [-0.05, 0) is 57.7 Å². The molecule has 1 unspecified atom stereocenters. The molecule has 1 aliphatic rings. The van der Waals surface area contributed by atoms with E-state index in [0.29, 0.717) is 11.8 Å². The Morgan fingerprint density at radius 3 is 2.35 bits per heavy atom. The van der Waals surface area contributed by atoms with E-state index in [9.17, 15) is 4.79 Å². The smallest absolute Gasteiger partial charge is 0.237 e. The molecule has 0 aromatic carbocycles. The molecule has 0 aromatic rings. The van der Waals surface area contributed by atoms with Crippen LogP contribution in [-0.2, 0) is 4.79 Å². The predicted octanol–water partition coefficient (Wildman–Crippen LogP) is 1.09. The number of rotatable bonds is 5. The second-order valence-electron chi connectivity index (χ2n) is 6.39. The molecule has 0 aromatic heterocycles. The van der Waals surface area contributed by atoms with Crippen LogP contribution < -0.4 is 11.5 Å². The van der Waals surface area contributed by atoms with Crippen molar-refractivity contribution in [2.75, 3.05) is 19.6 Å². The first-order valence-corrected chi connectivity index (χ1v) is 6.54. The average molecular weight is 241 g/mol. The van der Waals surface area contributed by atoms with E-state index in [4.69, 9.17) is 11.5 Å². The molecule has 17 heavy (non-hydrogen) atoms. The zero-order chi connectivity index (χ0) is 13.1. The second kappa shape index (κ2) is 5.36. The van der Waals surface area contributed by atoms with Gasteiger partial charge in [0.15, 0.2) is 0 Å². The van der Waals surface area contributed by atoms with E-state index in [1.54, 1.807) is 6.92 Å². The molecule has 1 amide bonds. The summed E-state index contributed by atoms with van der Waals surface area (Å²) in [5, 5.41) is 0. The number of carbonyl (C=O) groups excluding carboxylic acids is 1. The molecule has 1 rings (SSSR count). The Morgan fingerprint density at radius 1 is 1.35 bits per heavy atom. The maximum Gasteiger partial charge on any atom is 0.237 e. The van der Waals surface area contributed by atoms with E-state index in [-0.39, 0.29) is 0 Å². The van der Waals surface area contributed by atoms with Crippen LogP contribution in [0, 0.1) is 5.41 Å². The van der Waals surface area contributed by atoms with Gasteiger partial charge in [0.1, 0.15) is 0 Å². The van der Waals surface area contributed by atoms with Gasteiger partial charge in [-0.2, -0.15) is 0 Å². The predicted molar refractivity (Wildman–Crippen MR) is 70.5 cm³/mol. The monoisotopic (exact) mass is 241 g/mol. The zero-order valence-corrected chi connectivity index (χ0v) is 11.5. The van der Waals surface area contributed by atoms with E-state index < -0.39 is 11.4 Å². The van der Waals surface area contributed by atoms with E-state index in [0.717, 1.165) is 26.1 Å². The normalized spacial score (nSPS) is 24.2. The number of nitrogens with two attached hydrogens (primary N) is 2. The molecule has 1 atom stereocenters. The Morgan fingerprint density at radius 2 is 1.88 bits per heavy atom. The van der Waals surface area contributed by atoms with Gasteiger partial charge >= 0.3 is 0 Å². The van der Waals surface area contributed by atoms with Crippen LogP contribution in [0.2, 0.25) is 0 Å². The highest BCUT2D eigenvalue weighted by atomic mass is 16.1. The standard InChI is InChI=1S/C13H27N3O/c1-12(2)6-9-16(10-7-12)8-4-5-13(3,15)11(14)17/h4-10,15H2,1-3H3,(H2,14,17). The van der Waals surface area contributed by atoms with Gasteiger partial charge < -0.3 is 16.4 Å². The average Bonchev–Trinajstić information content (AvgIpc) is 2.20. The highest BCUT2D eigenvalue weighted by Crippen LogP contribution is 2.29. The van der Waals surface area contributed by atoms with Gasteiger partial charge in [-0.3, -0.25) is 4.79 Å². The fourth-order valence-electron chi connectivity index (χ4n) is 2.18. The minimum absolute atomic E-state index is 0.405. The fraction of sp³-hybridized carbons (Fsp3) is 0.923. The lowest BCUT2D eigenvalue weighted by Gasteiger charge is -2.37. The first kappa shape index (κ1) is 14.5. The van der Waals surface area contributed by atoms with E-state index >= 15 is 0 Å². The largest absolute Gasteiger partial charge is 0.368 e. The molecule has 4 N–H and O–H groups in total. The van der Waals surface area contributed by atoms with Crippen LogP contribution in [0.3, 0.4) is 0 Å². The Bertz CT molecular complexity index is 264. The highest BCUT2D eigenvalue weighted by Gasteiger charge is 2.27. The third kappa shape index (κ3) is 4.64. The third-order valence-corrected chi connectivity index (χ3v) is 3.94. The summed E-state index contributed by atoms with van der Waals surface area (Å²) in [5.41, 5.74) is 10.7. The Balaban J connectivity index is 2.23. The lowest BCUT2D eigenvalue weighted by Crippen LogP contribution is -2.49. The minimum Gasteiger partial charge on any atom is -0.368 e. The minimum atomic E-state index is -0.852. The van der Waals surface area contributed by atoms with Crippen LogP contribution in [-0.4, -0.2) is 36.0 Å². The molecule has 1 aliphatic heterocycles. The Hall–Kier alpha value is -0.610. The molecule has 4 heteroatoms. The molecule has 0 saturated carbocycles. The molecule has 1 saturated heterocycles. The van der Waals surface area contributed by atoms with Gasteiger partial charge in [-0.25, -0.2) is 0 Å². The Kier molecular flexibility index (Phi) is 4.55. The molecule has 4 nitrogen and oxygen atoms in total. The molecular weight excluding hydrogens is 214 g/mol. The van der Waals surface area contributed by atoms with Crippen molar-refractivity contribution in [1.82, 2.24) is 4.90 Å². The van der Waals surface area contributed by atoms with E-state index in [1.807, 2.05) is 0 Å². The van der Waals surface area contributed by atoms with Gasteiger partial charge in [-0.1, -0.05) is 13.8 Å². The maximum absolute atomic E-state index is 11.1. The first-order chi connectivity index (χ1) is 7.73. The van der Waals surface area contributed by atoms with Crippen molar-refractivity contribution in [3.05, 3.63) is 0 Å². The van der Waals surface area contributed by atoms with Crippen LogP contribution in [0.15, 0.2) is 0 Å². The van der Waals surface area contributed by atoms with Crippen LogP contribution in [0.5, 0.6) is 0 Å². The van der Waals surface area contributed by atoms with Gasteiger partial charge in [0.25, 0.3) is 0 Å². The van der Waals surface area contributed by atoms with Crippen molar-refractivity contribution in [3.8, 4) is 0 Å². The van der Waals surface area contributed by atoms with Gasteiger partial charge in [0, 0.05) is 0 Å². The van der Waals surface area contributed by atoms with Crippen molar-refractivity contribution in [1.29, 1.82) is 0 Å².